The van der Waals surface area contributed by atoms with Gasteiger partial charge in [-0.2, -0.15) is 0 Å². The first-order valence-electron chi connectivity index (χ1n) is 17.6. The lowest BCUT2D eigenvalue weighted by Crippen LogP contribution is -1.97. The zero-order valence-electron chi connectivity index (χ0n) is 27.7. The summed E-state index contributed by atoms with van der Waals surface area (Å²) < 4.78 is 3.79. The van der Waals surface area contributed by atoms with Gasteiger partial charge < -0.3 is 0 Å². The molecule has 0 aliphatic rings. The normalized spacial score (nSPS) is 12.2. The van der Waals surface area contributed by atoms with Gasteiger partial charge in [-0.25, -0.2) is 9.97 Å². The molecule has 9 aromatic carbocycles. The van der Waals surface area contributed by atoms with Crippen molar-refractivity contribution in [3.63, 3.8) is 0 Å². The standard InChI is InChI=1S/C48H26N2S2/c1-4-16-30-27(12-1)15-11-22-35(30)44-45(49-46-36-21-9-10-23-38(36)52-48(46)50-44)37-26-29-14-3-6-18-32(29)40-33-19-7-8-20-34(33)42-41-31-17-5-2-13-28(31)24-25-39(41)51-47(42)43(37)40/h1-26H. The Hall–Kier alpha value is -6.20. The van der Waals surface area contributed by atoms with Crippen molar-refractivity contribution < 1.29 is 0 Å². The first-order chi connectivity index (χ1) is 25.8. The van der Waals surface area contributed by atoms with Crippen LogP contribution in [0.25, 0.3) is 117 Å². The van der Waals surface area contributed by atoms with E-state index in [1.165, 1.54) is 78.7 Å². The van der Waals surface area contributed by atoms with Crippen molar-refractivity contribution in [2.75, 3.05) is 0 Å². The third-order valence-electron chi connectivity index (χ3n) is 10.8. The zero-order valence-corrected chi connectivity index (χ0v) is 29.4. The van der Waals surface area contributed by atoms with Gasteiger partial charge in [-0.05, 0) is 66.7 Å². The van der Waals surface area contributed by atoms with Crippen molar-refractivity contribution in [3.05, 3.63) is 158 Å². The highest BCUT2D eigenvalue weighted by molar-refractivity contribution is 7.27. The Morgan fingerprint density at radius 3 is 1.75 bits per heavy atom. The van der Waals surface area contributed by atoms with Crippen molar-refractivity contribution in [1.29, 1.82) is 0 Å². The minimum Gasteiger partial charge on any atom is -0.242 e. The number of thiophene rings is 2. The number of rotatable bonds is 2. The molecule has 0 unspecified atom stereocenters. The molecular weight excluding hydrogens is 669 g/mol. The van der Waals surface area contributed by atoms with Gasteiger partial charge in [-0.3, -0.25) is 0 Å². The Labute approximate surface area is 305 Å². The lowest BCUT2D eigenvalue weighted by Gasteiger charge is -2.17. The average Bonchev–Trinajstić information content (AvgIpc) is 3.79. The molecule has 0 saturated heterocycles. The van der Waals surface area contributed by atoms with E-state index in [4.69, 9.17) is 9.97 Å². The van der Waals surface area contributed by atoms with Crippen LogP contribution in [0.15, 0.2) is 158 Å². The molecule has 0 aliphatic carbocycles. The molecule has 12 aromatic rings. The second-order valence-electron chi connectivity index (χ2n) is 13.6. The van der Waals surface area contributed by atoms with Crippen LogP contribution in [-0.4, -0.2) is 9.97 Å². The van der Waals surface area contributed by atoms with Crippen molar-refractivity contribution in [2.45, 2.75) is 0 Å². The summed E-state index contributed by atoms with van der Waals surface area (Å²) in [5, 5.41) is 16.2. The minimum absolute atomic E-state index is 0.917. The van der Waals surface area contributed by atoms with Gasteiger partial charge in [0.15, 0.2) is 0 Å². The molecule has 3 aromatic heterocycles. The number of aromatic nitrogens is 2. The van der Waals surface area contributed by atoms with E-state index >= 15 is 0 Å². The van der Waals surface area contributed by atoms with Crippen LogP contribution in [0.3, 0.4) is 0 Å². The van der Waals surface area contributed by atoms with Crippen LogP contribution in [0.4, 0.5) is 0 Å². The first-order valence-corrected chi connectivity index (χ1v) is 19.2. The Morgan fingerprint density at radius 2 is 0.942 bits per heavy atom. The lowest BCUT2D eigenvalue weighted by atomic mass is 9.88. The Morgan fingerprint density at radius 1 is 0.346 bits per heavy atom. The van der Waals surface area contributed by atoms with Crippen molar-refractivity contribution in [2.24, 2.45) is 0 Å². The topological polar surface area (TPSA) is 25.8 Å². The zero-order chi connectivity index (χ0) is 33.9. The van der Waals surface area contributed by atoms with Gasteiger partial charge in [0.25, 0.3) is 0 Å². The molecule has 0 amide bonds. The maximum Gasteiger partial charge on any atom is 0.143 e. The third kappa shape index (κ3) is 3.88. The lowest BCUT2D eigenvalue weighted by molar-refractivity contribution is 1.33. The number of hydrogen-bond donors (Lipinski definition) is 0. The minimum atomic E-state index is 0.917. The molecule has 0 bridgehead atoms. The molecule has 52 heavy (non-hydrogen) atoms. The Balaban J connectivity index is 1.35. The molecule has 0 radical (unpaired) electrons. The Bertz CT molecular complexity index is 3480. The van der Waals surface area contributed by atoms with Crippen LogP contribution in [0.5, 0.6) is 0 Å². The highest BCUT2D eigenvalue weighted by Gasteiger charge is 2.25. The van der Waals surface area contributed by atoms with Gasteiger partial charge in [0.05, 0.1) is 11.4 Å². The van der Waals surface area contributed by atoms with Crippen LogP contribution in [0.2, 0.25) is 0 Å². The summed E-state index contributed by atoms with van der Waals surface area (Å²) in [6, 6.07) is 57.4. The fourth-order valence-corrected chi connectivity index (χ4v) is 10.9. The van der Waals surface area contributed by atoms with Gasteiger partial charge in [-0.15, -0.1) is 22.7 Å². The molecule has 0 aliphatic heterocycles. The average molecular weight is 695 g/mol. The van der Waals surface area contributed by atoms with Crippen molar-refractivity contribution in [1.82, 2.24) is 9.97 Å². The largest absolute Gasteiger partial charge is 0.242 e. The van der Waals surface area contributed by atoms with Crippen molar-refractivity contribution in [3.8, 4) is 22.5 Å². The van der Waals surface area contributed by atoms with E-state index in [0.717, 1.165) is 38.2 Å². The van der Waals surface area contributed by atoms with E-state index in [1.807, 2.05) is 11.3 Å². The molecule has 0 atom stereocenters. The number of benzene rings is 9. The molecule has 3 heterocycles. The van der Waals surface area contributed by atoms with E-state index in [0.29, 0.717) is 0 Å². The highest BCUT2D eigenvalue weighted by Crippen LogP contribution is 2.51. The molecule has 0 fully saturated rings. The summed E-state index contributed by atoms with van der Waals surface area (Å²) in [5.41, 5.74) is 5.01. The summed E-state index contributed by atoms with van der Waals surface area (Å²) in [5.74, 6) is 0. The van der Waals surface area contributed by atoms with Crippen LogP contribution in [0.1, 0.15) is 0 Å². The van der Waals surface area contributed by atoms with Crippen molar-refractivity contribution >= 4 is 117 Å². The van der Waals surface area contributed by atoms with Crippen LogP contribution >= 0.6 is 22.7 Å². The van der Waals surface area contributed by atoms with Gasteiger partial charge in [-0.1, -0.05) is 140 Å². The quantitative estimate of drug-likeness (QED) is 0.168. The second-order valence-corrected chi connectivity index (χ2v) is 15.7. The van der Waals surface area contributed by atoms with Gasteiger partial charge in [0.1, 0.15) is 10.3 Å². The molecule has 2 nitrogen and oxygen atoms in total. The summed E-state index contributed by atoms with van der Waals surface area (Å²) >= 11 is 3.63. The molecule has 0 N–H and O–H groups in total. The van der Waals surface area contributed by atoms with Crippen LogP contribution < -0.4 is 0 Å². The van der Waals surface area contributed by atoms with E-state index in [-0.39, 0.29) is 0 Å². The molecule has 12 rings (SSSR count). The maximum absolute atomic E-state index is 5.72. The summed E-state index contributed by atoms with van der Waals surface area (Å²) in [6.45, 7) is 0. The number of nitrogens with zero attached hydrogens (tertiary/aromatic N) is 2. The first kappa shape index (κ1) is 28.5. The predicted octanol–water partition coefficient (Wildman–Crippen LogP) is 14.3. The fraction of sp³-hybridized carbons (Fsp3) is 0. The van der Waals surface area contributed by atoms with Gasteiger partial charge in [0, 0.05) is 46.8 Å². The highest BCUT2D eigenvalue weighted by atomic mass is 32.1. The molecular formula is C48H26N2S2. The Kier molecular flexibility index (Phi) is 5.84. The predicted molar refractivity (Wildman–Crippen MR) is 226 cm³/mol. The summed E-state index contributed by atoms with van der Waals surface area (Å²) in [7, 11) is 0. The summed E-state index contributed by atoms with van der Waals surface area (Å²) in [4.78, 5) is 12.3. The smallest absolute Gasteiger partial charge is 0.143 e. The monoisotopic (exact) mass is 694 g/mol. The van der Waals surface area contributed by atoms with E-state index < -0.39 is 0 Å². The fourth-order valence-electron chi connectivity index (χ4n) is 8.60. The third-order valence-corrected chi connectivity index (χ3v) is 13.1. The number of fused-ring (bicyclic) bond motifs is 16. The van der Waals surface area contributed by atoms with E-state index in [2.05, 4.69) is 158 Å². The number of hydrogen-bond acceptors (Lipinski definition) is 4. The van der Waals surface area contributed by atoms with Crippen LogP contribution in [0, 0.1) is 0 Å². The maximum atomic E-state index is 5.72. The van der Waals surface area contributed by atoms with E-state index in [9.17, 15) is 0 Å². The SMILES string of the molecule is c1ccc2c(-c3nc4sc5ccccc5c4nc3-c3cc4ccccc4c4c5ccccc5c5c(sc6ccc7ccccc7c65)c34)cccc2c1. The van der Waals surface area contributed by atoms with Gasteiger partial charge in [0.2, 0.25) is 0 Å². The molecule has 0 saturated carbocycles. The molecule has 240 valence electrons. The van der Waals surface area contributed by atoms with E-state index in [1.54, 1.807) is 11.3 Å². The molecule has 0 spiro atoms. The second kappa shape index (κ2) is 10.7. The molecule has 4 heteroatoms. The summed E-state index contributed by atoms with van der Waals surface area (Å²) in [6.07, 6.45) is 0. The van der Waals surface area contributed by atoms with Crippen LogP contribution in [-0.2, 0) is 0 Å². The van der Waals surface area contributed by atoms with Gasteiger partial charge >= 0.3 is 0 Å².